The molecule has 2 aromatic carbocycles. The lowest BCUT2D eigenvalue weighted by Gasteiger charge is -2.13. The summed E-state index contributed by atoms with van der Waals surface area (Å²) in [6.07, 6.45) is 6.62. The Morgan fingerprint density at radius 3 is 2.47 bits per heavy atom. The summed E-state index contributed by atoms with van der Waals surface area (Å²) in [5.41, 5.74) is 3.53. The van der Waals surface area contributed by atoms with Crippen LogP contribution in [0, 0.1) is 40.7 Å². The van der Waals surface area contributed by atoms with Crippen molar-refractivity contribution in [3.05, 3.63) is 87.6 Å². The van der Waals surface area contributed by atoms with E-state index in [0.717, 1.165) is 39.2 Å². The Morgan fingerprint density at radius 1 is 1.06 bits per heavy atom. The van der Waals surface area contributed by atoms with Crippen LogP contribution >= 0.6 is 0 Å². The van der Waals surface area contributed by atoms with Crippen LogP contribution in [0.3, 0.4) is 0 Å². The number of allylic oxidation sites excluding steroid dienone is 2. The molecule has 0 radical (unpaired) electrons. The van der Waals surface area contributed by atoms with E-state index in [9.17, 15) is 19.7 Å². The third kappa shape index (κ3) is 2.95. The second-order valence-electron chi connectivity index (χ2n) is 9.26. The molecular formula is C26H22N4O4. The number of non-ortho nitro benzene ring substituents is 1. The highest BCUT2D eigenvalue weighted by Gasteiger charge is 2.59. The Hall–Kier alpha value is -4.07. The lowest BCUT2D eigenvalue weighted by Crippen LogP contribution is -2.28. The van der Waals surface area contributed by atoms with Gasteiger partial charge in [0, 0.05) is 40.8 Å². The van der Waals surface area contributed by atoms with Crippen molar-refractivity contribution >= 4 is 34.6 Å². The number of imide groups is 1. The molecule has 34 heavy (non-hydrogen) atoms. The summed E-state index contributed by atoms with van der Waals surface area (Å²) in [6.45, 7) is 2.40. The van der Waals surface area contributed by atoms with Gasteiger partial charge in [0.15, 0.2) is 0 Å². The third-order valence-electron chi connectivity index (χ3n) is 7.49. The maximum Gasteiger partial charge on any atom is 0.269 e. The Kier molecular flexibility index (Phi) is 4.52. The summed E-state index contributed by atoms with van der Waals surface area (Å²) in [5, 5.41) is 17.6. The number of carbonyl (C=O) groups excluding carboxylic acids is 2. The lowest BCUT2D eigenvalue weighted by atomic mass is 9.85. The van der Waals surface area contributed by atoms with E-state index in [2.05, 4.69) is 21.8 Å². The molecule has 4 atom stereocenters. The fraction of sp³-hybridized carbons (Fsp3) is 0.269. The molecule has 2 aliphatic carbocycles. The molecule has 1 aromatic heterocycles. The van der Waals surface area contributed by atoms with Gasteiger partial charge in [-0.2, -0.15) is 10.1 Å². The number of nitrogens with zero attached hydrogens (tertiary/aromatic N) is 4. The number of nitro groups is 1. The maximum atomic E-state index is 13.0. The first-order valence-corrected chi connectivity index (χ1v) is 11.4. The lowest BCUT2D eigenvalue weighted by molar-refractivity contribution is -0.384. The van der Waals surface area contributed by atoms with Gasteiger partial charge in [-0.1, -0.05) is 42.5 Å². The fourth-order valence-electron chi connectivity index (χ4n) is 5.89. The van der Waals surface area contributed by atoms with E-state index in [1.165, 1.54) is 6.07 Å². The molecule has 2 fully saturated rings. The van der Waals surface area contributed by atoms with Gasteiger partial charge >= 0.3 is 0 Å². The number of hydrazone groups is 1. The molecule has 170 valence electrons. The average Bonchev–Trinajstić information content (AvgIpc) is 3.57. The fourth-order valence-corrected chi connectivity index (χ4v) is 5.89. The smallest absolute Gasteiger partial charge is 0.269 e. The van der Waals surface area contributed by atoms with E-state index < -0.39 is 4.92 Å². The van der Waals surface area contributed by atoms with Crippen LogP contribution in [0.4, 0.5) is 5.69 Å². The standard InChI is InChI=1S/C26H22N4O4/c1-15-21(13-27-29-25(31)23-17-9-10-18(12-17)24(23)26(29)32)20-7-2-3-8-22(20)28(15)14-16-5-4-6-19(11-16)30(33)34/h2-11,13,17-18,23-24H,12,14H2,1H3/t17-,18-,23-,24+/m0/s1. The summed E-state index contributed by atoms with van der Waals surface area (Å²) in [5.74, 6) is -0.690. The number of benzene rings is 2. The highest BCUT2D eigenvalue weighted by molar-refractivity contribution is 6.08. The third-order valence-corrected chi connectivity index (χ3v) is 7.49. The second-order valence-corrected chi connectivity index (χ2v) is 9.26. The molecule has 8 nitrogen and oxygen atoms in total. The normalized spacial score (nSPS) is 25.3. The zero-order chi connectivity index (χ0) is 23.6. The number of carbonyl (C=O) groups is 2. The van der Waals surface area contributed by atoms with Gasteiger partial charge in [0.05, 0.1) is 23.0 Å². The first-order valence-electron chi connectivity index (χ1n) is 11.4. The van der Waals surface area contributed by atoms with Crippen molar-refractivity contribution < 1.29 is 14.5 Å². The molecule has 2 amide bonds. The molecule has 0 N–H and O–H groups in total. The van der Waals surface area contributed by atoms with Crippen molar-refractivity contribution in [2.24, 2.45) is 28.8 Å². The predicted octanol–water partition coefficient (Wildman–Crippen LogP) is 4.05. The topological polar surface area (TPSA) is 97.8 Å². The van der Waals surface area contributed by atoms with Crippen LogP contribution in [0.2, 0.25) is 0 Å². The van der Waals surface area contributed by atoms with Crippen molar-refractivity contribution in [2.45, 2.75) is 19.9 Å². The molecule has 8 heteroatoms. The molecule has 3 aliphatic rings. The predicted molar refractivity (Wildman–Crippen MR) is 126 cm³/mol. The molecule has 0 unspecified atom stereocenters. The van der Waals surface area contributed by atoms with Crippen LogP contribution in [-0.4, -0.2) is 32.5 Å². The van der Waals surface area contributed by atoms with E-state index in [4.69, 9.17) is 0 Å². The largest absolute Gasteiger partial charge is 0.340 e. The van der Waals surface area contributed by atoms with E-state index >= 15 is 0 Å². The van der Waals surface area contributed by atoms with Crippen LogP contribution in [-0.2, 0) is 16.1 Å². The quantitative estimate of drug-likeness (QED) is 0.191. The number of aromatic nitrogens is 1. The van der Waals surface area contributed by atoms with E-state index in [0.29, 0.717) is 6.54 Å². The highest BCUT2D eigenvalue weighted by Crippen LogP contribution is 2.52. The number of amides is 2. The van der Waals surface area contributed by atoms with Crippen LogP contribution in [0.1, 0.15) is 23.2 Å². The minimum absolute atomic E-state index is 0.0495. The zero-order valence-electron chi connectivity index (χ0n) is 18.5. The number of fused-ring (bicyclic) bond motifs is 6. The average molecular weight is 454 g/mol. The molecule has 0 spiro atoms. The van der Waals surface area contributed by atoms with Gasteiger partial charge < -0.3 is 4.57 Å². The number of hydrogen-bond donors (Lipinski definition) is 0. The molecule has 3 aromatic rings. The van der Waals surface area contributed by atoms with Crippen LogP contribution in [0.25, 0.3) is 10.9 Å². The molecule has 2 heterocycles. The Balaban J connectivity index is 1.35. The molecule has 2 bridgehead atoms. The van der Waals surface area contributed by atoms with Gasteiger partial charge in [0.25, 0.3) is 17.5 Å². The van der Waals surface area contributed by atoms with E-state index in [1.807, 2.05) is 37.3 Å². The molecule has 1 saturated carbocycles. The summed E-state index contributed by atoms with van der Waals surface area (Å²) in [4.78, 5) is 36.8. The zero-order valence-corrected chi connectivity index (χ0v) is 18.5. The van der Waals surface area contributed by atoms with Crippen molar-refractivity contribution in [3.8, 4) is 0 Å². The summed E-state index contributed by atoms with van der Waals surface area (Å²) in [6, 6.07) is 14.4. The van der Waals surface area contributed by atoms with Crippen molar-refractivity contribution in [3.63, 3.8) is 0 Å². The van der Waals surface area contributed by atoms with Gasteiger partial charge in [-0.25, -0.2) is 0 Å². The Morgan fingerprint density at radius 2 is 1.76 bits per heavy atom. The van der Waals surface area contributed by atoms with Crippen LogP contribution in [0.15, 0.2) is 65.8 Å². The van der Waals surface area contributed by atoms with Crippen molar-refractivity contribution in [1.29, 1.82) is 0 Å². The first kappa shape index (κ1) is 20.5. The molecule has 6 rings (SSSR count). The number of rotatable bonds is 5. The van der Waals surface area contributed by atoms with Gasteiger partial charge in [-0.3, -0.25) is 19.7 Å². The number of para-hydroxylation sites is 1. The summed E-state index contributed by atoms with van der Waals surface area (Å²) < 4.78 is 2.07. The number of nitro benzene ring substituents is 1. The van der Waals surface area contributed by atoms with E-state index in [1.54, 1.807) is 18.3 Å². The van der Waals surface area contributed by atoms with Crippen molar-refractivity contribution in [1.82, 2.24) is 9.58 Å². The van der Waals surface area contributed by atoms with Crippen LogP contribution in [0.5, 0.6) is 0 Å². The molecule has 1 saturated heterocycles. The monoisotopic (exact) mass is 454 g/mol. The minimum Gasteiger partial charge on any atom is -0.340 e. The second kappa shape index (κ2) is 7.48. The Labute approximate surface area is 195 Å². The maximum absolute atomic E-state index is 13.0. The van der Waals surface area contributed by atoms with Gasteiger partial charge in [-0.15, -0.1) is 0 Å². The van der Waals surface area contributed by atoms with Gasteiger partial charge in [-0.05, 0) is 36.8 Å². The first-order chi connectivity index (χ1) is 16.4. The summed E-state index contributed by atoms with van der Waals surface area (Å²) >= 11 is 0. The summed E-state index contributed by atoms with van der Waals surface area (Å²) in [7, 11) is 0. The molecule has 1 aliphatic heterocycles. The van der Waals surface area contributed by atoms with Crippen molar-refractivity contribution in [2.75, 3.05) is 0 Å². The SMILES string of the molecule is Cc1c(C=NN2C(=O)[C@@H]3[C@H](C2=O)[C@H]2C=C[C@H]3C2)c2ccccc2n1Cc1cccc([N+](=O)[O-])c1. The Bertz CT molecular complexity index is 1410. The van der Waals surface area contributed by atoms with Gasteiger partial charge in [0.2, 0.25) is 0 Å². The highest BCUT2D eigenvalue weighted by atomic mass is 16.6. The van der Waals surface area contributed by atoms with E-state index in [-0.39, 0.29) is 41.2 Å². The number of hydrogen-bond acceptors (Lipinski definition) is 5. The van der Waals surface area contributed by atoms with Gasteiger partial charge in [0.1, 0.15) is 0 Å². The molecular weight excluding hydrogens is 432 g/mol. The minimum atomic E-state index is -0.399. The van der Waals surface area contributed by atoms with Crippen LogP contribution < -0.4 is 0 Å².